The van der Waals surface area contributed by atoms with Gasteiger partial charge in [-0.2, -0.15) is 8.78 Å². The second kappa shape index (κ2) is 11.5. The van der Waals surface area contributed by atoms with Crippen LogP contribution in [0.3, 0.4) is 0 Å². The zero-order valence-corrected chi connectivity index (χ0v) is 19.1. The van der Waals surface area contributed by atoms with E-state index in [9.17, 15) is 18.4 Å². The molecule has 1 atom stereocenters. The van der Waals surface area contributed by atoms with Crippen LogP contribution in [0.5, 0.6) is 23.0 Å². The molecule has 9 nitrogen and oxygen atoms in total. The average molecular weight is 479 g/mol. The van der Waals surface area contributed by atoms with Crippen LogP contribution in [-0.2, 0) is 11.3 Å². The molecule has 1 aliphatic heterocycles. The second-order valence-electron chi connectivity index (χ2n) is 7.49. The second-order valence-corrected chi connectivity index (χ2v) is 7.49. The van der Waals surface area contributed by atoms with E-state index < -0.39 is 24.6 Å². The number of hydrogen-bond acceptors (Lipinski definition) is 7. The molecule has 0 aliphatic carbocycles. The number of carbonyl (C=O) groups is 2. The van der Waals surface area contributed by atoms with Gasteiger partial charge in [-0.3, -0.25) is 15.0 Å². The van der Waals surface area contributed by atoms with Crippen LogP contribution in [0.4, 0.5) is 19.3 Å². The Kier molecular flexibility index (Phi) is 8.47. The summed E-state index contributed by atoms with van der Waals surface area (Å²) in [5.41, 5.74) is 1.16. The van der Waals surface area contributed by atoms with Crippen molar-refractivity contribution in [3.05, 3.63) is 42.0 Å². The fourth-order valence-corrected chi connectivity index (χ4v) is 3.24. The van der Waals surface area contributed by atoms with Gasteiger partial charge in [-0.15, -0.1) is 0 Å². The highest BCUT2D eigenvalue weighted by Gasteiger charge is 2.22. The molecule has 0 fully saturated rings. The Labute approximate surface area is 195 Å². The Morgan fingerprint density at radius 3 is 2.53 bits per heavy atom. The zero-order valence-electron chi connectivity index (χ0n) is 19.1. The lowest BCUT2D eigenvalue weighted by Gasteiger charge is -2.24. The van der Waals surface area contributed by atoms with Crippen LogP contribution in [0.1, 0.15) is 19.4 Å². The van der Waals surface area contributed by atoms with Crippen molar-refractivity contribution in [3.8, 4) is 23.0 Å². The lowest BCUT2D eigenvalue weighted by atomic mass is 10.1. The molecule has 3 amide bonds. The number of anilines is 1. The summed E-state index contributed by atoms with van der Waals surface area (Å²) in [6.07, 6.45) is 0. The monoisotopic (exact) mass is 479 g/mol. The number of halogens is 2. The minimum absolute atomic E-state index is 0.0649. The summed E-state index contributed by atoms with van der Waals surface area (Å²) in [5, 5.41) is 4.90. The van der Waals surface area contributed by atoms with Crippen molar-refractivity contribution in [2.45, 2.75) is 33.0 Å². The number of ether oxygens (including phenoxy) is 4. The van der Waals surface area contributed by atoms with Crippen molar-refractivity contribution in [2.75, 3.05) is 32.2 Å². The van der Waals surface area contributed by atoms with Gasteiger partial charge >= 0.3 is 12.6 Å². The number of benzene rings is 2. The first-order valence-corrected chi connectivity index (χ1v) is 10.7. The Hall–Kier alpha value is -3.60. The van der Waals surface area contributed by atoms with E-state index in [2.05, 4.69) is 15.4 Å². The molecule has 1 aliphatic rings. The number of rotatable bonds is 9. The quantitative estimate of drug-likeness (QED) is 0.567. The molecule has 2 aromatic carbocycles. The molecule has 0 bridgehead atoms. The first-order chi connectivity index (χ1) is 16.3. The van der Waals surface area contributed by atoms with Crippen LogP contribution in [0.2, 0.25) is 0 Å². The van der Waals surface area contributed by atoms with E-state index in [0.717, 1.165) is 0 Å². The van der Waals surface area contributed by atoms with Crippen molar-refractivity contribution >= 4 is 17.6 Å². The molecular formula is C23H27F2N3O6. The molecule has 3 rings (SSSR count). The van der Waals surface area contributed by atoms with Crippen LogP contribution in [0, 0.1) is 0 Å². The number of amides is 3. The number of nitrogens with one attached hydrogen (secondary N) is 2. The number of alkyl halides is 2. The van der Waals surface area contributed by atoms with Gasteiger partial charge in [0.05, 0.1) is 12.6 Å². The summed E-state index contributed by atoms with van der Waals surface area (Å²) in [7, 11) is 1.70. The molecule has 2 aromatic rings. The van der Waals surface area contributed by atoms with E-state index >= 15 is 0 Å². The molecule has 0 saturated carbocycles. The van der Waals surface area contributed by atoms with Crippen molar-refractivity contribution < 1.29 is 37.3 Å². The molecule has 184 valence electrons. The van der Waals surface area contributed by atoms with Crippen molar-refractivity contribution in [1.29, 1.82) is 0 Å². The lowest BCUT2D eigenvalue weighted by Crippen LogP contribution is -2.46. The van der Waals surface area contributed by atoms with Crippen LogP contribution in [-0.4, -0.2) is 56.4 Å². The molecule has 1 heterocycles. The fraction of sp³-hybridized carbons (Fsp3) is 0.391. The van der Waals surface area contributed by atoms with Gasteiger partial charge in [0, 0.05) is 18.3 Å². The van der Waals surface area contributed by atoms with Gasteiger partial charge in [0.2, 0.25) is 5.91 Å². The maximum Gasteiger partial charge on any atom is 0.387 e. The predicted molar refractivity (Wildman–Crippen MR) is 120 cm³/mol. The average Bonchev–Trinajstić information content (AvgIpc) is 2.80. The molecule has 0 radical (unpaired) electrons. The zero-order chi connectivity index (χ0) is 24.7. The molecular weight excluding hydrogens is 452 g/mol. The standard InChI is InChI=1S/C23H27F2N3O6/c1-4-31-19-11-15(5-7-18(19)34-22(24)25)13-28(3)14(2)21(29)27-23(30)26-16-6-8-17-20(12-16)33-10-9-32-17/h5-8,11-12,14,22H,4,9-10,13H2,1-3H3,(H2,26,27,29,30). The number of fused-ring (bicyclic) bond motifs is 1. The number of urea groups is 1. The third kappa shape index (κ3) is 6.70. The van der Waals surface area contributed by atoms with E-state index in [1.807, 2.05) is 0 Å². The van der Waals surface area contributed by atoms with Crippen LogP contribution >= 0.6 is 0 Å². The van der Waals surface area contributed by atoms with E-state index in [4.69, 9.17) is 14.2 Å². The summed E-state index contributed by atoms with van der Waals surface area (Å²) in [6.45, 7) is 1.85. The highest BCUT2D eigenvalue weighted by molar-refractivity contribution is 6.02. The van der Waals surface area contributed by atoms with Gasteiger partial charge in [0.1, 0.15) is 13.2 Å². The summed E-state index contributed by atoms with van der Waals surface area (Å²) in [6, 6.07) is 8.16. The van der Waals surface area contributed by atoms with Crippen LogP contribution < -0.4 is 29.6 Å². The lowest BCUT2D eigenvalue weighted by molar-refractivity contribution is -0.124. The Balaban J connectivity index is 1.56. The van der Waals surface area contributed by atoms with E-state index in [1.54, 1.807) is 56.1 Å². The highest BCUT2D eigenvalue weighted by Crippen LogP contribution is 2.33. The van der Waals surface area contributed by atoms with Gasteiger partial charge in [-0.1, -0.05) is 6.07 Å². The summed E-state index contributed by atoms with van der Waals surface area (Å²) < 4.78 is 45.9. The molecule has 11 heteroatoms. The van der Waals surface area contributed by atoms with Gasteiger partial charge in [0.15, 0.2) is 23.0 Å². The fourth-order valence-electron chi connectivity index (χ4n) is 3.24. The van der Waals surface area contributed by atoms with Gasteiger partial charge in [0.25, 0.3) is 0 Å². The third-order valence-corrected chi connectivity index (χ3v) is 5.03. The molecule has 0 aromatic heterocycles. The minimum atomic E-state index is -2.97. The Morgan fingerprint density at radius 2 is 1.82 bits per heavy atom. The number of carbonyl (C=O) groups excluding carboxylic acids is 2. The van der Waals surface area contributed by atoms with Gasteiger partial charge < -0.3 is 24.3 Å². The highest BCUT2D eigenvalue weighted by atomic mass is 19.3. The van der Waals surface area contributed by atoms with E-state index in [-0.39, 0.29) is 18.1 Å². The Bertz CT molecular complexity index is 1020. The Morgan fingerprint density at radius 1 is 1.09 bits per heavy atom. The largest absolute Gasteiger partial charge is 0.490 e. The van der Waals surface area contributed by atoms with E-state index in [0.29, 0.717) is 42.5 Å². The van der Waals surface area contributed by atoms with Crippen LogP contribution in [0.25, 0.3) is 0 Å². The molecule has 1 unspecified atom stereocenters. The summed E-state index contributed by atoms with van der Waals surface area (Å²) in [5.74, 6) is 0.708. The molecule has 0 spiro atoms. The van der Waals surface area contributed by atoms with Crippen molar-refractivity contribution in [3.63, 3.8) is 0 Å². The van der Waals surface area contributed by atoms with Crippen LogP contribution in [0.15, 0.2) is 36.4 Å². The first-order valence-electron chi connectivity index (χ1n) is 10.7. The number of imide groups is 1. The maximum absolute atomic E-state index is 12.6. The first kappa shape index (κ1) is 25.0. The molecule has 2 N–H and O–H groups in total. The number of hydrogen-bond donors (Lipinski definition) is 2. The summed E-state index contributed by atoms with van der Waals surface area (Å²) in [4.78, 5) is 26.6. The SMILES string of the molecule is CCOc1cc(CN(C)C(C)C(=O)NC(=O)Nc2ccc3c(c2)OCCO3)ccc1OC(F)F. The normalized spacial score (nSPS) is 13.4. The smallest absolute Gasteiger partial charge is 0.387 e. The van der Waals surface area contributed by atoms with Crippen molar-refractivity contribution in [1.82, 2.24) is 10.2 Å². The predicted octanol–water partition coefficient (Wildman–Crippen LogP) is 3.63. The number of nitrogens with zero attached hydrogens (tertiary/aromatic N) is 1. The van der Waals surface area contributed by atoms with Gasteiger partial charge in [-0.25, -0.2) is 4.79 Å². The maximum atomic E-state index is 12.6. The van der Waals surface area contributed by atoms with Gasteiger partial charge in [-0.05, 0) is 50.7 Å². The number of likely N-dealkylation sites (N-methyl/N-ethyl adjacent to an activating group) is 1. The molecule has 0 saturated heterocycles. The third-order valence-electron chi connectivity index (χ3n) is 5.03. The topological polar surface area (TPSA) is 98.4 Å². The van der Waals surface area contributed by atoms with Crippen molar-refractivity contribution in [2.24, 2.45) is 0 Å². The summed E-state index contributed by atoms with van der Waals surface area (Å²) >= 11 is 0. The molecule has 34 heavy (non-hydrogen) atoms. The minimum Gasteiger partial charge on any atom is -0.490 e. The van der Waals surface area contributed by atoms with E-state index in [1.165, 1.54) is 6.07 Å².